The van der Waals surface area contributed by atoms with Gasteiger partial charge in [0.15, 0.2) is 6.61 Å². The maximum atomic E-state index is 12.1. The van der Waals surface area contributed by atoms with Crippen LogP contribution in [0.3, 0.4) is 0 Å². The Morgan fingerprint density at radius 2 is 1.60 bits per heavy atom. The molecule has 1 amide bonds. The molecule has 0 bridgehead atoms. The molecule has 4 heteroatoms. The van der Waals surface area contributed by atoms with Gasteiger partial charge in [0, 0.05) is 11.8 Å². The molecule has 0 radical (unpaired) electrons. The molecule has 4 nitrogen and oxygen atoms in total. The van der Waals surface area contributed by atoms with Crippen LogP contribution in [0.25, 0.3) is 6.08 Å². The molecule has 2 rings (SSSR count). The van der Waals surface area contributed by atoms with E-state index in [0.29, 0.717) is 0 Å². The Morgan fingerprint density at radius 3 is 2.20 bits per heavy atom. The van der Waals surface area contributed by atoms with Gasteiger partial charge in [-0.25, -0.2) is 4.79 Å². The molecular weight excluding hydrogens is 314 g/mol. The largest absolute Gasteiger partial charge is 0.452 e. The predicted molar refractivity (Wildman–Crippen MR) is 100 cm³/mol. The lowest BCUT2D eigenvalue weighted by atomic mass is 10.0. The van der Waals surface area contributed by atoms with Crippen molar-refractivity contribution < 1.29 is 14.3 Å². The fourth-order valence-electron chi connectivity index (χ4n) is 2.49. The molecule has 0 aliphatic rings. The highest BCUT2D eigenvalue weighted by atomic mass is 16.5. The van der Waals surface area contributed by atoms with Crippen LogP contribution in [0.1, 0.15) is 30.5 Å². The van der Waals surface area contributed by atoms with Crippen molar-refractivity contribution >= 4 is 23.6 Å². The highest BCUT2D eigenvalue weighted by molar-refractivity contribution is 5.95. The van der Waals surface area contributed by atoms with Gasteiger partial charge in [-0.05, 0) is 35.6 Å². The molecule has 0 atom stereocenters. The maximum Gasteiger partial charge on any atom is 0.331 e. The standard InChI is InChI=1S/C21H23NO3/c1-3-17-11-8-12-18(4-2)21(17)22-19(23)15-25-20(24)14-13-16-9-6-5-7-10-16/h5-14H,3-4,15H2,1-2H3,(H,22,23)/b14-13+. The number of nitrogens with one attached hydrogen (secondary N) is 1. The second-order valence-electron chi connectivity index (χ2n) is 5.56. The summed E-state index contributed by atoms with van der Waals surface area (Å²) in [6, 6.07) is 15.4. The summed E-state index contributed by atoms with van der Waals surface area (Å²) in [4.78, 5) is 23.8. The minimum absolute atomic E-state index is 0.306. The number of hydrogen-bond donors (Lipinski definition) is 1. The van der Waals surface area contributed by atoms with Crippen LogP contribution in [0.5, 0.6) is 0 Å². The lowest BCUT2D eigenvalue weighted by molar-refractivity contribution is -0.142. The second kappa shape index (κ2) is 9.42. The minimum atomic E-state index is -0.543. The van der Waals surface area contributed by atoms with Gasteiger partial charge in [0.2, 0.25) is 0 Å². The molecule has 25 heavy (non-hydrogen) atoms. The van der Waals surface area contributed by atoms with Gasteiger partial charge in [0.05, 0.1) is 0 Å². The monoisotopic (exact) mass is 337 g/mol. The molecule has 0 heterocycles. The van der Waals surface area contributed by atoms with Gasteiger partial charge < -0.3 is 10.1 Å². The molecule has 1 N–H and O–H groups in total. The summed E-state index contributed by atoms with van der Waals surface area (Å²) in [5, 5.41) is 2.87. The van der Waals surface area contributed by atoms with Crippen molar-refractivity contribution in [2.75, 3.05) is 11.9 Å². The van der Waals surface area contributed by atoms with Crippen molar-refractivity contribution in [3.05, 3.63) is 71.3 Å². The summed E-state index contributed by atoms with van der Waals surface area (Å²) in [6.45, 7) is 3.77. The van der Waals surface area contributed by atoms with Gasteiger partial charge in [0.1, 0.15) is 0 Å². The van der Waals surface area contributed by atoms with Crippen LogP contribution in [0.15, 0.2) is 54.6 Å². The summed E-state index contributed by atoms with van der Waals surface area (Å²) in [5.41, 5.74) is 3.87. The third-order valence-corrected chi connectivity index (χ3v) is 3.82. The molecule has 130 valence electrons. The summed E-state index contributed by atoms with van der Waals surface area (Å²) in [5.74, 6) is -0.879. The number of para-hydroxylation sites is 1. The zero-order chi connectivity index (χ0) is 18.1. The lowest BCUT2D eigenvalue weighted by Gasteiger charge is -2.14. The van der Waals surface area contributed by atoms with Crippen molar-refractivity contribution in [1.82, 2.24) is 0 Å². The van der Waals surface area contributed by atoms with E-state index in [1.165, 1.54) is 6.08 Å². The highest BCUT2D eigenvalue weighted by Gasteiger charge is 2.11. The quantitative estimate of drug-likeness (QED) is 0.613. The number of carbonyl (C=O) groups is 2. The molecule has 0 saturated carbocycles. The van der Waals surface area contributed by atoms with Crippen LogP contribution in [0.2, 0.25) is 0 Å². The van der Waals surface area contributed by atoms with Gasteiger partial charge in [-0.2, -0.15) is 0 Å². The Hall–Kier alpha value is -2.88. The van der Waals surface area contributed by atoms with Crippen molar-refractivity contribution in [2.24, 2.45) is 0 Å². The first-order chi connectivity index (χ1) is 12.1. The van der Waals surface area contributed by atoms with E-state index in [9.17, 15) is 9.59 Å². The molecule has 0 saturated heterocycles. The third-order valence-electron chi connectivity index (χ3n) is 3.82. The van der Waals surface area contributed by atoms with E-state index < -0.39 is 5.97 Å². The minimum Gasteiger partial charge on any atom is -0.452 e. The second-order valence-corrected chi connectivity index (χ2v) is 5.56. The fraction of sp³-hybridized carbons (Fsp3) is 0.238. The molecule has 0 aliphatic carbocycles. The van der Waals surface area contributed by atoms with Gasteiger partial charge >= 0.3 is 5.97 Å². The molecule has 2 aromatic carbocycles. The Balaban J connectivity index is 1.91. The van der Waals surface area contributed by atoms with E-state index in [0.717, 1.165) is 35.2 Å². The van der Waals surface area contributed by atoms with Crippen molar-refractivity contribution in [1.29, 1.82) is 0 Å². The molecule has 0 aliphatic heterocycles. The van der Waals surface area contributed by atoms with Gasteiger partial charge in [0.25, 0.3) is 5.91 Å². The van der Waals surface area contributed by atoms with Crippen molar-refractivity contribution in [3.8, 4) is 0 Å². The SMILES string of the molecule is CCc1cccc(CC)c1NC(=O)COC(=O)/C=C/c1ccccc1. The lowest BCUT2D eigenvalue weighted by Crippen LogP contribution is -2.21. The Morgan fingerprint density at radius 1 is 0.960 bits per heavy atom. The molecule has 0 unspecified atom stereocenters. The normalized spacial score (nSPS) is 10.6. The van der Waals surface area contributed by atoms with Crippen LogP contribution < -0.4 is 5.32 Å². The fourth-order valence-corrected chi connectivity index (χ4v) is 2.49. The Kier molecular flexibility index (Phi) is 6.96. The van der Waals surface area contributed by atoms with E-state index >= 15 is 0 Å². The smallest absolute Gasteiger partial charge is 0.331 e. The predicted octanol–water partition coefficient (Wildman–Crippen LogP) is 4.01. The Labute approximate surface area is 148 Å². The number of benzene rings is 2. The first-order valence-electron chi connectivity index (χ1n) is 8.44. The van der Waals surface area contributed by atoms with E-state index in [-0.39, 0.29) is 12.5 Å². The molecule has 0 aromatic heterocycles. The first kappa shape index (κ1) is 18.5. The zero-order valence-corrected chi connectivity index (χ0v) is 14.6. The number of esters is 1. The van der Waals surface area contributed by atoms with E-state index in [2.05, 4.69) is 5.32 Å². The van der Waals surface area contributed by atoms with Crippen LogP contribution in [-0.2, 0) is 27.2 Å². The van der Waals surface area contributed by atoms with E-state index in [1.54, 1.807) is 6.08 Å². The average molecular weight is 337 g/mol. The number of amides is 1. The molecule has 2 aromatic rings. The zero-order valence-electron chi connectivity index (χ0n) is 14.6. The highest BCUT2D eigenvalue weighted by Crippen LogP contribution is 2.22. The number of ether oxygens (including phenoxy) is 1. The molecule has 0 spiro atoms. The first-order valence-corrected chi connectivity index (χ1v) is 8.44. The van der Waals surface area contributed by atoms with E-state index in [4.69, 9.17) is 4.74 Å². The summed E-state index contributed by atoms with van der Waals surface area (Å²) >= 11 is 0. The number of anilines is 1. The van der Waals surface area contributed by atoms with E-state index in [1.807, 2.05) is 62.4 Å². The van der Waals surface area contributed by atoms with Gasteiger partial charge in [-0.15, -0.1) is 0 Å². The van der Waals surface area contributed by atoms with Gasteiger partial charge in [-0.1, -0.05) is 62.4 Å². The Bertz CT molecular complexity index is 729. The van der Waals surface area contributed by atoms with Crippen LogP contribution in [-0.4, -0.2) is 18.5 Å². The van der Waals surface area contributed by atoms with Gasteiger partial charge in [-0.3, -0.25) is 4.79 Å². The number of carbonyl (C=O) groups excluding carboxylic acids is 2. The maximum absolute atomic E-state index is 12.1. The average Bonchev–Trinajstić information content (AvgIpc) is 2.65. The van der Waals surface area contributed by atoms with Crippen LogP contribution in [0.4, 0.5) is 5.69 Å². The van der Waals surface area contributed by atoms with Crippen LogP contribution >= 0.6 is 0 Å². The number of aryl methyl sites for hydroxylation is 2. The molecular formula is C21H23NO3. The van der Waals surface area contributed by atoms with Crippen molar-refractivity contribution in [3.63, 3.8) is 0 Å². The van der Waals surface area contributed by atoms with Crippen molar-refractivity contribution in [2.45, 2.75) is 26.7 Å². The summed E-state index contributed by atoms with van der Waals surface area (Å²) in [6.07, 6.45) is 4.62. The molecule has 0 fully saturated rings. The topological polar surface area (TPSA) is 55.4 Å². The number of hydrogen-bond acceptors (Lipinski definition) is 3. The summed E-state index contributed by atoms with van der Waals surface area (Å²) in [7, 11) is 0. The third kappa shape index (κ3) is 5.60. The summed E-state index contributed by atoms with van der Waals surface area (Å²) < 4.78 is 5.01. The van der Waals surface area contributed by atoms with Crippen LogP contribution in [0, 0.1) is 0 Å². The number of rotatable bonds is 7.